The van der Waals surface area contributed by atoms with E-state index < -0.39 is 0 Å². The van der Waals surface area contributed by atoms with Crippen molar-refractivity contribution in [3.8, 4) is 0 Å². The molecule has 0 bridgehead atoms. The van der Waals surface area contributed by atoms with Gasteiger partial charge in [-0.3, -0.25) is 9.59 Å². The summed E-state index contributed by atoms with van der Waals surface area (Å²) in [5, 5.41) is 0. The number of rotatable bonds is 4. The van der Waals surface area contributed by atoms with Crippen LogP contribution in [0.3, 0.4) is 0 Å². The van der Waals surface area contributed by atoms with E-state index in [1.165, 1.54) is 51.4 Å². The quantitative estimate of drug-likeness (QED) is 0.487. The smallest absolute Gasteiger partial charge is 0.201 e. The average Bonchev–Trinajstić information content (AvgIpc) is 2.99. The van der Waals surface area contributed by atoms with E-state index in [9.17, 15) is 9.59 Å². The van der Waals surface area contributed by atoms with E-state index in [0.29, 0.717) is 0 Å². The highest BCUT2D eigenvalue weighted by Crippen LogP contribution is 2.41. The van der Waals surface area contributed by atoms with Crippen LogP contribution in [0.15, 0.2) is 0 Å². The van der Waals surface area contributed by atoms with Gasteiger partial charge in [0.1, 0.15) is 0 Å². The molecule has 0 aromatic heterocycles. The van der Waals surface area contributed by atoms with Crippen LogP contribution in [0, 0.1) is 29.6 Å². The van der Waals surface area contributed by atoms with Crippen LogP contribution in [0.2, 0.25) is 0 Å². The van der Waals surface area contributed by atoms with Gasteiger partial charge in [-0.2, -0.15) is 0 Å². The van der Waals surface area contributed by atoms with Gasteiger partial charge in [-0.15, -0.1) is 0 Å². The molecule has 3 aliphatic rings. The van der Waals surface area contributed by atoms with Crippen molar-refractivity contribution < 1.29 is 9.59 Å². The largest absolute Gasteiger partial charge is 0.291 e. The highest BCUT2D eigenvalue weighted by atomic mass is 16.2. The van der Waals surface area contributed by atoms with Gasteiger partial charge in [0.15, 0.2) is 0 Å². The molecule has 0 spiro atoms. The average molecular weight is 333 g/mol. The minimum atomic E-state index is 0.00150. The number of fused-ring (bicyclic) bond motifs is 1. The maximum Gasteiger partial charge on any atom is 0.201 e. The summed E-state index contributed by atoms with van der Waals surface area (Å²) < 4.78 is 0. The van der Waals surface area contributed by atoms with Gasteiger partial charge in [-0.05, 0) is 62.7 Å². The van der Waals surface area contributed by atoms with Crippen molar-refractivity contribution in [3.05, 3.63) is 0 Å². The summed E-state index contributed by atoms with van der Waals surface area (Å²) in [6.07, 6.45) is 16.5. The molecule has 0 aromatic carbocycles. The molecule has 0 saturated heterocycles. The van der Waals surface area contributed by atoms with Gasteiger partial charge in [-0.1, -0.05) is 51.9 Å². The van der Waals surface area contributed by atoms with Crippen LogP contribution in [0.4, 0.5) is 0 Å². The zero-order chi connectivity index (χ0) is 16.9. The molecule has 24 heavy (non-hydrogen) atoms. The van der Waals surface area contributed by atoms with E-state index in [4.69, 9.17) is 0 Å². The van der Waals surface area contributed by atoms with Crippen molar-refractivity contribution in [3.63, 3.8) is 0 Å². The first kappa shape index (κ1) is 18.1. The van der Waals surface area contributed by atoms with E-state index in [1.807, 2.05) is 0 Å². The topological polar surface area (TPSA) is 34.1 Å². The fraction of sp³-hybridized carbons (Fsp3) is 0.909. The fourth-order valence-electron chi connectivity index (χ4n) is 5.73. The predicted molar refractivity (Wildman–Crippen MR) is 97.8 cm³/mol. The Labute approximate surface area is 148 Å². The molecule has 0 aromatic rings. The molecule has 0 radical (unpaired) electrons. The fourth-order valence-corrected chi connectivity index (χ4v) is 5.73. The molecule has 3 saturated carbocycles. The first-order valence-electron chi connectivity index (χ1n) is 10.8. The third-order valence-electron chi connectivity index (χ3n) is 7.49. The first-order chi connectivity index (χ1) is 11.7. The first-order valence-corrected chi connectivity index (χ1v) is 10.8. The van der Waals surface area contributed by atoms with Crippen LogP contribution in [0.5, 0.6) is 0 Å². The van der Waals surface area contributed by atoms with Gasteiger partial charge in [0.25, 0.3) is 0 Å². The lowest BCUT2D eigenvalue weighted by Gasteiger charge is -2.29. The number of hydrogen-bond donors (Lipinski definition) is 0. The summed E-state index contributed by atoms with van der Waals surface area (Å²) in [5.41, 5.74) is 0. The van der Waals surface area contributed by atoms with Crippen LogP contribution < -0.4 is 0 Å². The lowest BCUT2D eigenvalue weighted by Crippen LogP contribution is -2.29. The Kier molecular flexibility index (Phi) is 6.52. The Morgan fingerprint density at radius 3 is 1.75 bits per heavy atom. The molecule has 2 nitrogen and oxygen atoms in total. The van der Waals surface area contributed by atoms with E-state index in [1.54, 1.807) is 0 Å². The third-order valence-corrected chi connectivity index (χ3v) is 7.49. The number of ketones is 2. The van der Waals surface area contributed by atoms with Gasteiger partial charge < -0.3 is 0 Å². The predicted octanol–water partition coefficient (Wildman–Crippen LogP) is 5.73. The maximum atomic E-state index is 12.9. The van der Waals surface area contributed by atoms with Crippen LogP contribution in [0.1, 0.15) is 96.8 Å². The van der Waals surface area contributed by atoms with Gasteiger partial charge in [0.2, 0.25) is 11.6 Å². The van der Waals surface area contributed by atoms with Crippen molar-refractivity contribution in [2.75, 3.05) is 0 Å². The standard InChI is InChI=1S/C22H36O2/c1-2-16-6-5-9-19(11-10-16)21(23)22(24)20-14-12-17-7-3-4-8-18(17)13-15-20/h16-20H,2-15H2,1H3. The Morgan fingerprint density at radius 1 is 0.625 bits per heavy atom. The van der Waals surface area contributed by atoms with Crippen molar-refractivity contribution >= 4 is 11.6 Å². The lowest BCUT2D eigenvalue weighted by molar-refractivity contribution is -0.141. The van der Waals surface area contributed by atoms with Crippen LogP contribution >= 0.6 is 0 Å². The minimum absolute atomic E-state index is 0.00150. The molecule has 4 unspecified atom stereocenters. The van der Waals surface area contributed by atoms with Crippen molar-refractivity contribution in [1.82, 2.24) is 0 Å². The lowest BCUT2D eigenvalue weighted by atomic mass is 9.77. The minimum Gasteiger partial charge on any atom is -0.291 e. The highest BCUT2D eigenvalue weighted by Gasteiger charge is 2.36. The van der Waals surface area contributed by atoms with E-state index in [-0.39, 0.29) is 23.4 Å². The normalized spacial score (nSPS) is 37.8. The molecule has 0 aliphatic heterocycles. The second-order valence-corrected chi connectivity index (χ2v) is 8.86. The Hall–Kier alpha value is -0.660. The summed E-state index contributed by atoms with van der Waals surface area (Å²) in [4.78, 5) is 25.7. The van der Waals surface area contributed by atoms with Crippen molar-refractivity contribution in [2.24, 2.45) is 29.6 Å². The number of carbonyl (C=O) groups is 2. The molecule has 3 aliphatic carbocycles. The summed E-state index contributed by atoms with van der Waals surface area (Å²) in [6.45, 7) is 2.25. The van der Waals surface area contributed by atoms with Crippen molar-refractivity contribution in [1.29, 1.82) is 0 Å². The van der Waals surface area contributed by atoms with Gasteiger partial charge in [0, 0.05) is 11.8 Å². The van der Waals surface area contributed by atoms with Crippen molar-refractivity contribution in [2.45, 2.75) is 96.8 Å². The van der Waals surface area contributed by atoms with Gasteiger partial charge in [0.05, 0.1) is 0 Å². The molecule has 0 amide bonds. The third kappa shape index (κ3) is 4.29. The Bertz CT molecular complexity index is 425. The van der Waals surface area contributed by atoms with Crippen LogP contribution in [0.25, 0.3) is 0 Å². The summed E-state index contributed by atoms with van der Waals surface area (Å²) in [6, 6.07) is 0. The maximum absolute atomic E-state index is 12.9. The number of carbonyl (C=O) groups excluding carboxylic acids is 2. The second-order valence-electron chi connectivity index (χ2n) is 8.86. The monoisotopic (exact) mass is 332 g/mol. The summed E-state index contributed by atoms with van der Waals surface area (Å²) in [5.74, 6) is 2.56. The molecule has 2 heteroatoms. The second kappa shape index (κ2) is 8.63. The number of Topliss-reactive ketones (excluding diaryl/α,β-unsaturated/α-hetero) is 2. The molecule has 4 atom stereocenters. The Balaban J connectivity index is 1.56. The number of hydrogen-bond acceptors (Lipinski definition) is 2. The van der Waals surface area contributed by atoms with Crippen LogP contribution in [-0.2, 0) is 9.59 Å². The molecular formula is C22H36O2. The molecule has 136 valence electrons. The van der Waals surface area contributed by atoms with E-state index >= 15 is 0 Å². The molecular weight excluding hydrogens is 296 g/mol. The van der Waals surface area contributed by atoms with E-state index in [0.717, 1.165) is 56.3 Å². The van der Waals surface area contributed by atoms with Gasteiger partial charge in [-0.25, -0.2) is 0 Å². The van der Waals surface area contributed by atoms with Gasteiger partial charge >= 0.3 is 0 Å². The van der Waals surface area contributed by atoms with Crippen LogP contribution in [-0.4, -0.2) is 11.6 Å². The molecule has 0 heterocycles. The summed E-state index contributed by atoms with van der Waals surface area (Å²) >= 11 is 0. The molecule has 0 N–H and O–H groups in total. The molecule has 3 rings (SSSR count). The highest BCUT2D eigenvalue weighted by molar-refractivity contribution is 6.38. The summed E-state index contributed by atoms with van der Waals surface area (Å²) in [7, 11) is 0. The molecule has 3 fully saturated rings. The van der Waals surface area contributed by atoms with E-state index in [2.05, 4.69) is 6.92 Å². The SMILES string of the molecule is CCC1CCCC(C(=O)C(=O)C2CCC3CCCCC3CC2)CC1. The zero-order valence-electron chi connectivity index (χ0n) is 15.6. The zero-order valence-corrected chi connectivity index (χ0v) is 15.6. The Morgan fingerprint density at radius 2 is 1.17 bits per heavy atom.